The Morgan fingerprint density at radius 2 is 2.15 bits per heavy atom. The Morgan fingerprint density at radius 3 is 2.81 bits per heavy atom. The highest BCUT2D eigenvalue weighted by molar-refractivity contribution is 6.32. The van der Waals surface area contributed by atoms with Gasteiger partial charge in [-0.3, -0.25) is 9.59 Å². The molecule has 1 aromatic carbocycles. The lowest BCUT2D eigenvalue weighted by molar-refractivity contribution is -0.139. The molecule has 8 heteroatoms. The molecule has 0 spiro atoms. The van der Waals surface area contributed by atoms with Gasteiger partial charge in [-0.15, -0.1) is 0 Å². The van der Waals surface area contributed by atoms with Crippen molar-refractivity contribution in [3.05, 3.63) is 23.2 Å². The quantitative estimate of drug-likeness (QED) is 0.755. The van der Waals surface area contributed by atoms with E-state index in [1.165, 1.54) is 12.1 Å². The maximum absolute atomic E-state index is 12.5. The van der Waals surface area contributed by atoms with Crippen LogP contribution in [0.2, 0.25) is 5.02 Å². The van der Waals surface area contributed by atoms with Crippen LogP contribution in [0.4, 0.5) is 5.69 Å². The van der Waals surface area contributed by atoms with Crippen LogP contribution in [0.5, 0.6) is 5.75 Å². The molecule has 1 aliphatic heterocycles. The third kappa shape index (κ3) is 5.62. The monoisotopic (exact) mass is 382 g/mol. The van der Waals surface area contributed by atoms with Crippen LogP contribution in [-0.4, -0.2) is 47.5 Å². The highest BCUT2D eigenvalue weighted by Crippen LogP contribution is 2.28. The first-order valence-corrected chi connectivity index (χ1v) is 9.01. The molecule has 2 amide bonds. The summed E-state index contributed by atoms with van der Waals surface area (Å²) < 4.78 is 5.05. The number of hydrogen-bond donors (Lipinski definition) is 2. The summed E-state index contributed by atoms with van der Waals surface area (Å²) in [6, 6.07) is 4.63. The molecule has 7 nitrogen and oxygen atoms in total. The largest absolute Gasteiger partial charge is 0.480 e. The zero-order valence-electron chi connectivity index (χ0n) is 14.7. The number of piperidine rings is 1. The van der Waals surface area contributed by atoms with Gasteiger partial charge in [0.1, 0.15) is 5.75 Å². The molecule has 1 saturated heterocycles. The van der Waals surface area contributed by atoms with Crippen molar-refractivity contribution in [1.82, 2.24) is 4.90 Å². The molecule has 1 aromatic rings. The van der Waals surface area contributed by atoms with Crippen LogP contribution in [0.25, 0.3) is 0 Å². The molecule has 142 valence electrons. The molecular formula is C18H23ClN2O5. The van der Waals surface area contributed by atoms with Crippen LogP contribution in [0.15, 0.2) is 18.2 Å². The van der Waals surface area contributed by atoms with E-state index >= 15 is 0 Å². The van der Waals surface area contributed by atoms with Crippen molar-refractivity contribution in [2.75, 3.05) is 25.0 Å². The Morgan fingerprint density at radius 1 is 1.38 bits per heavy atom. The fourth-order valence-corrected chi connectivity index (χ4v) is 3.10. The lowest BCUT2D eigenvalue weighted by Gasteiger charge is -2.32. The van der Waals surface area contributed by atoms with Crippen molar-refractivity contribution in [2.45, 2.75) is 32.6 Å². The molecule has 2 N–H and O–H groups in total. The average molecular weight is 383 g/mol. The lowest BCUT2D eigenvalue weighted by atomic mass is 9.96. The standard InChI is InChI=1S/C18H23ClN2O5/c1-2-4-16(22)21-8-3-5-12(10-21)18(25)20-13-6-7-15(14(19)9-13)26-11-17(23)24/h6-7,9,12H,2-5,8,10-11H2,1H3,(H,20,25)(H,23,24). The molecule has 1 aliphatic rings. The summed E-state index contributed by atoms with van der Waals surface area (Å²) in [7, 11) is 0. The van der Waals surface area contributed by atoms with Crippen LogP contribution >= 0.6 is 11.6 Å². The third-order valence-corrected chi connectivity index (χ3v) is 4.45. The van der Waals surface area contributed by atoms with Crippen LogP contribution < -0.4 is 10.1 Å². The molecule has 0 radical (unpaired) electrons. The number of carboxylic acid groups (broad SMARTS) is 1. The van der Waals surface area contributed by atoms with Gasteiger partial charge >= 0.3 is 5.97 Å². The number of rotatable bonds is 7. The number of likely N-dealkylation sites (tertiary alicyclic amines) is 1. The van der Waals surface area contributed by atoms with E-state index in [2.05, 4.69) is 5.32 Å². The molecule has 0 aliphatic carbocycles. The maximum atomic E-state index is 12.5. The first-order valence-electron chi connectivity index (χ1n) is 8.63. The molecule has 0 saturated carbocycles. The molecule has 26 heavy (non-hydrogen) atoms. The van der Waals surface area contributed by atoms with E-state index in [1.54, 1.807) is 11.0 Å². The molecule has 0 bridgehead atoms. The average Bonchev–Trinajstić information content (AvgIpc) is 2.61. The molecule has 1 unspecified atom stereocenters. The van der Waals surface area contributed by atoms with Gasteiger partial charge in [-0.05, 0) is 37.5 Å². The highest BCUT2D eigenvalue weighted by atomic mass is 35.5. The number of nitrogens with one attached hydrogen (secondary N) is 1. The zero-order chi connectivity index (χ0) is 19.1. The van der Waals surface area contributed by atoms with Gasteiger partial charge in [0.25, 0.3) is 0 Å². The second-order valence-electron chi connectivity index (χ2n) is 6.25. The summed E-state index contributed by atoms with van der Waals surface area (Å²) in [5.41, 5.74) is 0.500. The van der Waals surface area contributed by atoms with Crippen LogP contribution in [0.1, 0.15) is 32.6 Å². The smallest absolute Gasteiger partial charge is 0.341 e. The predicted molar refractivity (Wildman–Crippen MR) is 97.4 cm³/mol. The van der Waals surface area contributed by atoms with Crippen molar-refractivity contribution < 1.29 is 24.2 Å². The van der Waals surface area contributed by atoms with Gasteiger partial charge in [-0.2, -0.15) is 0 Å². The van der Waals surface area contributed by atoms with E-state index in [4.69, 9.17) is 21.4 Å². The van der Waals surface area contributed by atoms with Gasteiger partial charge < -0.3 is 20.1 Å². The first-order chi connectivity index (χ1) is 12.4. The molecule has 1 atom stereocenters. The number of carbonyl (C=O) groups is 3. The summed E-state index contributed by atoms with van der Waals surface area (Å²) in [5, 5.41) is 11.6. The van der Waals surface area contributed by atoms with Crippen molar-refractivity contribution in [1.29, 1.82) is 0 Å². The van der Waals surface area contributed by atoms with Crippen molar-refractivity contribution in [2.24, 2.45) is 5.92 Å². The molecular weight excluding hydrogens is 360 g/mol. The number of carbonyl (C=O) groups excluding carboxylic acids is 2. The van der Waals surface area contributed by atoms with Crippen molar-refractivity contribution in [3.63, 3.8) is 0 Å². The number of hydrogen-bond acceptors (Lipinski definition) is 4. The molecule has 0 aromatic heterocycles. The van der Waals surface area contributed by atoms with Gasteiger partial charge in [0.15, 0.2) is 6.61 Å². The van der Waals surface area contributed by atoms with E-state index in [0.717, 1.165) is 19.3 Å². The molecule has 1 fully saturated rings. The third-order valence-electron chi connectivity index (χ3n) is 4.16. The zero-order valence-corrected chi connectivity index (χ0v) is 15.4. The fraction of sp³-hybridized carbons (Fsp3) is 0.500. The number of anilines is 1. The van der Waals surface area contributed by atoms with Crippen LogP contribution in [-0.2, 0) is 14.4 Å². The Kier molecular flexibility index (Phi) is 7.26. The van der Waals surface area contributed by atoms with Gasteiger partial charge in [-0.1, -0.05) is 18.5 Å². The van der Waals surface area contributed by atoms with Crippen molar-refractivity contribution >= 4 is 35.1 Å². The topological polar surface area (TPSA) is 95.9 Å². The molecule has 2 rings (SSSR count). The van der Waals surface area contributed by atoms with Gasteiger partial charge in [0, 0.05) is 25.2 Å². The summed E-state index contributed by atoms with van der Waals surface area (Å²) in [4.78, 5) is 36.8. The van der Waals surface area contributed by atoms with Gasteiger partial charge in [0.05, 0.1) is 10.9 Å². The number of benzene rings is 1. The van der Waals surface area contributed by atoms with Gasteiger partial charge in [0.2, 0.25) is 11.8 Å². The SMILES string of the molecule is CCCC(=O)N1CCCC(C(=O)Nc2ccc(OCC(=O)O)c(Cl)c2)C1. The van der Waals surface area contributed by atoms with E-state index < -0.39 is 12.6 Å². The summed E-state index contributed by atoms with van der Waals surface area (Å²) in [5.74, 6) is -1.19. The Labute approximate surface area is 157 Å². The van der Waals surface area contributed by atoms with E-state index in [0.29, 0.717) is 25.2 Å². The summed E-state index contributed by atoms with van der Waals surface area (Å²) in [6.07, 6.45) is 2.83. The number of halogens is 1. The highest BCUT2D eigenvalue weighted by Gasteiger charge is 2.28. The van der Waals surface area contributed by atoms with E-state index in [-0.39, 0.29) is 28.5 Å². The summed E-state index contributed by atoms with van der Waals surface area (Å²) in [6.45, 7) is 2.59. The normalized spacial score (nSPS) is 16.8. The summed E-state index contributed by atoms with van der Waals surface area (Å²) >= 11 is 6.06. The van der Waals surface area contributed by atoms with Crippen LogP contribution in [0.3, 0.4) is 0 Å². The minimum absolute atomic E-state index is 0.0907. The number of aliphatic carboxylic acids is 1. The number of ether oxygens (including phenoxy) is 1. The Bertz CT molecular complexity index is 680. The van der Waals surface area contributed by atoms with Crippen LogP contribution in [0, 0.1) is 5.92 Å². The van der Waals surface area contributed by atoms with Crippen molar-refractivity contribution in [3.8, 4) is 5.75 Å². The van der Waals surface area contributed by atoms with E-state index in [1.807, 2.05) is 6.92 Å². The Balaban J connectivity index is 1.95. The second kappa shape index (κ2) is 9.43. The van der Waals surface area contributed by atoms with Gasteiger partial charge in [-0.25, -0.2) is 4.79 Å². The Hall–Kier alpha value is -2.28. The predicted octanol–water partition coefficient (Wildman–Crippen LogP) is 2.78. The lowest BCUT2D eigenvalue weighted by Crippen LogP contribution is -2.43. The van der Waals surface area contributed by atoms with E-state index in [9.17, 15) is 14.4 Å². The molecule has 1 heterocycles. The number of amides is 2. The minimum Gasteiger partial charge on any atom is -0.480 e. The minimum atomic E-state index is -1.10. The first kappa shape index (κ1) is 20.0. The maximum Gasteiger partial charge on any atom is 0.341 e. The number of carboxylic acids is 1. The fourth-order valence-electron chi connectivity index (χ4n) is 2.87. The second-order valence-corrected chi connectivity index (χ2v) is 6.65. The number of nitrogens with zero attached hydrogens (tertiary/aromatic N) is 1.